The molecule has 1 aromatic heterocycles. The minimum Gasteiger partial charge on any atom is -0.350 e. The van der Waals surface area contributed by atoms with E-state index in [1.54, 1.807) is 11.3 Å². The van der Waals surface area contributed by atoms with Gasteiger partial charge in [0.1, 0.15) is 0 Å². The predicted molar refractivity (Wildman–Crippen MR) is 89.0 cm³/mol. The predicted octanol–water partition coefficient (Wildman–Crippen LogP) is 3.30. The van der Waals surface area contributed by atoms with Crippen molar-refractivity contribution < 1.29 is 4.79 Å². The maximum Gasteiger partial charge on any atom is 0.252 e. The third-order valence-electron chi connectivity index (χ3n) is 3.66. The number of rotatable bonds is 4. The Labute approximate surface area is 136 Å². The highest BCUT2D eigenvalue weighted by Gasteiger charge is 2.26. The lowest BCUT2D eigenvalue weighted by Gasteiger charge is -2.24. The maximum absolute atomic E-state index is 12.2. The number of aromatic nitrogens is 1. The molecule has 1 N–H and O–H groups in total. The smallest absolute Gasteiger partial charge is 0.252 e. The lowest BCUT2D eigenvalue weighted by Crippen LogP contribution is -2.40. The molecule has 0 aliphatic carbocycles. The van der Waals surface area contributed by atoms with Crippen molar-refractivity contribution in [2.75, 3.05) is 18.0 Å². The molecule has 1 amide bonds. The molecule has 0 saturated carbocycles. The summed E-state index contributed by atoms with van der Waals surface area (Å²) < 4.78 is 0.825. The number of hydrogen-bond donors (Lipinski definition) is 1. The van der Waals surface area contributed by atoms with Crippen molar-refractivity contribution in [3.05, 3.63) is 45.9 Å². The first-order chi connectivity index (χ1) is 10.3. The first-order valence-electron chi connectivity index (χ1n) is 6.94. The van der Waals surface area contributed by atoms with Crippen molar-refractivity contribution in [1.29, 1.82) is 0 Å². The van der Waals surface area contributed by atoms with E-state index in [9.17, 15) is 4.79 Å². The first kappa shape index (κ1) is 14.5. The van der Waals surface area contributed by atoms with Crippen LogP contribution in [0.2, 0.25) is 0 Å². The summed E-state index contributed by atoms with van der Waals surface area (Å²) in [6, 6.07) is 7.82. The number of nitrogens with one attached hydrogen (secondary N) is 1. The molecule has 110 valence electrons. The molecular weight excluding hydrogens is 350 g/mol. The van der Waals surface area contributed by atoms with Crippen LogP contribution in [0, 0.1) is 0 Å². The number of hydrogen-bond acceptors (Lipinski definition) is 4. The van der Waals surface area contributed by atoms with Gasteiger partial charge in [0.15, 0.2) is 5.13 Å². The zero-order chi connectivity index (χ0) is 14.7. The minimum atomic E-state index is -0.0338. The van der Waals surface area contributed by atoms with E-state index in [1.807, 2.05) is 35.8 Å². The molecule has 3 rings (SSSR count). The van der Waals surface area contributed by atoms with Gasteiger partial charge in [-0.2, -0.15) is 0 Å². The number of carbonyl (C=O) groups is 1. The van der Waals surface area contributed by atoms with Gasteiger partial charge in [-0.05, 0) is 40.9 Å². The topological polar surface area (TPSA) is 45.2 Å². The number of nitrogens with zero attached hydrogens (tertiary/aromatic N) is 2. The summed E-state index contributed by atoms with van der Waals surface area (Å²) in [5.41, 5.74) is 0.677. The van der Waals surface area contributed by atoms with Gasteiger partial charge >= 0.3 is 0 Å². The monoisotopic (exact) mass is 365 g/mol. The van der Waals surface area contributed by atoms with Gasteiger partial charge in [-0.25, -0.2) is 4.98 Å². The number of thiazole rings is 1. The highest BCUT2D eigenvalue weighted by molar-refractivity contribution is 9.10. The molecule has 4 nitrogen and oxygen atoms in total. The van der Waals surface area contributed by atoms with Crippen LogP contribution < -0.4 is 10.2 Å². The van der Waals surface area contributed by atoms with Gasteiger partial charge in [0, 0.05) is 35.2 Å². The molecular formula is C15H16BrN3OS. The molecule has 1 aliphatic heterocycles. The quantitative estimate of drug-likeness (QED) is 0.903. The van der Waals surface area contributed by atoms with Crippen molar-refractivity contribution in [3.8, 4) is 0 Å². The Kier molecular flexibility index (Phi) is 4.55. The molecule has 1 saturated heterocycles. The average Bonchev–Trinajstić information content (AvgIpc) is 3.16. The van der Waals surface area contributed by atoms with Crippen LogP contribution in [0.4, 0.5) is 5.13 Å². The Morgan fingerprint density at radius 2 is 2.33 bits per heavy atom. The maximum atomic E-state index is 12.2. The van der Waals surface area contributed by atoms with E-state index in [0.717, 1.165) is 29.0 Å². The van der Waals surface area contributed by atoms with Crippen LogP contribution in [0.5, 0.6) is 0 Å². The number of carbonyl (C=O) groups excluding carboxylic acids is 1. The fourth-order valence-corrected chi connectivity index (χ4v) is 3.81. The Morgan fingerprint density at radius 3 is 3.10 bits per heavy atom. The summed E-state index contributed by atoms with van der Waals surface area (Å²) in [7, 11) is 0. The molecule has 2 aromatic rings. The van der Waals surface area contributed by atoms with Crippen molar-refractivity contribution >= 4 is 38.3 Å². The van der Waals surface area contributed by atoms with Crippen LogP contribution in [-0.2, 0) is 0 Å². The van der Waals surface area contributed by atoms with E-state index in [0.29, 0.717) is 18.2 Å². The second-order valence-electron chi connectivity index (χ2n) is 4.99. The lowest BCUT2D eigenvalue weighted by molar-refractivity contribution is 0.0950. The summed E-state index contributed by atoms with van der Waals surface area (Å²) in [5.74, 6) is -0.0338. The van der Waals surface area contributed by atoms with E-state index < -0.39 is 0 Å². The standard InChI is InChI=1S/C15H16BrN3OS/c16-13-6-2-1-5-12(13)14(20)18-10-11-4-3-8-19(11)15-17-7-9-21-15/h1-2,5-7,9,11H,3-4,8,10H2,(H,18,20)/t11-/m1/s1. The van der Waals surface area contributed by atoms with E-state index >= 15 is 0 Å². The van der Waals surface area contributed by atoms with E-state index in [4.69, 9.17) is 0 Å². The third-order valence-corrected chi connectivity index (χ3v) is 5.16. The fraction of sp³-hybridized carbons (Fsp3) is 0.333. The van der Waals surface area contributed by atoms with Crippen molar-refractivity contribution in [2.24, 2.45) is 0 Å². The molecule has 21 heavy (non-hydrogen) atoms. The van der Waals surface area contributed by atoms with Gasteiger partial charge < -0.3 is 10.2 Å². The van der Waals surface area contributed by atoms with E-state index in [2.05, 4.69) is 31.1 Å². The summed E-state index contributed by atoms with van der Waals surface area (Å²) in [5, 5.41) is 6.08. The second-order valence-corrected chi connectivity index (χ2v) is 6.72. The summed E-state index contributed by atoms with van der Waals surface area (Å²) >= 11 is 5.07. The van der Waals surface area contributed by atoms with Gasteiger partial charge in [0.05, 0.1) is 5.56 Å². The fourth-order valence-electron chi connectivity index (χ4n) is 2.61. The van der Waals surface area contributed by atoms with Crippen LogP contribution in [0.3, 0.4) is 0 Å². The van der Waals surface area contributed by atoms with Crippen molar-refractivity contribution in [1.82, 2.24) is 10.3 Å². The van der Waals surface area contributed by atoms with Crippen LogP contribution in [0.15, 0.2) is 40.3 Å². The number of benzene rings is 1. The van der Waals surface area contributed by atoms with Gasteiger partial charge in [-0.15, -0.1) is 11.3 Å². The number of amides is 1. The Morgan fingerprint density at radius 1 is 1.48 bits per heavy atom. The molecule has 1 aliphatic rings. The Hall–Kier alpha value is -1.40. The third kappa shape index (κ3) is 3.27. The highest BCUT2D eigenvalue weighted by Crippen LogP contribution is 2.26. The molecule has 0 bridgehead atoms. The largest absolute Gasteiger partial charge is 0.350 e. The molecule has 1 fully saturated rings. The lowest BCUT2D eigenvalue weighted by atomic mass is 10.2. The van der Waals surface area contributed by atoms with Gasteiger partial charge in [0.2, 0.25) is 0 Å². The van der Waals surface area contributed by atoms with Crippen molar-refractivity contribution in [2.45, 2.75) is 18.9 Å². The van der Waals surface area contributed by atoms with Crippen LogP contribution in [0.1, 0.15) is 23.2 Å². The molecule has 0 unspecified atom stereocenters. The SMILES string of the molecule is O=C(NC[C@H]1CCCN1c1nccs1)c1ccccc1Br. The molecule has 1 aromatic carbocycles. The number of anilines is 1. The first-order valence-corrected chi connectivity index (χ1v) is 8.62. The molecule has 0 radical (unpaired) electrons. The molecule has 1 atom stereocenters. The van der Waals surface area contributed by atoms with Crippen LogP contribution >= 0.6 is 27.3 Å². The Balaban J connectivity index is 1.62. The summed E-state index contributed by atoms with van der Waals surface area (Å²) in [4.78, 5) is 18.9. The van der Waals surface area contributed by atoms with Gasteiger partial charge in [0.25, 0.3) is 5.91 Å². The molecule has 0 spiro atoms. The van der Waals surface area contributed by atoms with Crippen molar-refractivity contribution in [3.63, 3.8) is 0 Å². The van der Waals surface area contributed by atoms with Gasteiger partial charge in [-0.1, -0.05) is 12.1 Å². The average molecular weight is 366 g/mol. The van der Waals surface area contributed by atoms with Gasteiger partial charge in [-0.3, -0.25) is 4.79 Å². The summed E-state index contributed by atoms with van der Waals surface area (Å²) in [6.07, 6.45) is 4.07. The van der Waals surface area contributed by atoms with E-state index in [-0.39, 0.29) is 5.91 Å². The van der Waals surface area contributed by atoms with Crippen LogP contribution in [0.25, 0.3) is 0 Å². The highest BCUT2D eigenvalue weighted by atomic mass is 79.9. The molecule has 2 heterocycles. The minimum absolute atomic E-state index is 0.0338. The van der Waals surface area contributed by atoms with E-state index in [1.165, 1.54) is 0 Å². The Bertz CT molecular complexity index is 617. The normalized spacial score (nSPS) is 18.0. The van der Waals surface area contributed by atoms with Crippen LogP contribution in [-0.4, -0.2) is 30.0 Å². The number of halogens is 1. The second kappa shape index (κ2) is 6.58. The zero-order valence-corrected chi connectivity index (χ0v) is 13.9. The molecule has 6 heteroatoms. The zero-order valence-electron chi connectivity index (χ0n) is 11.5. The summed E-state index contributed by atoms with van der Waals surface area (Å²) in [6.45, 7) is 1.67.